The number of aromatic nitrogens is 1. The molecule has 1 heteroatoms. The normalized spacial score (nSPS) is 11.4. The quantitative estimate of drug-likeness (QED) is 0.360. The average Bonchev–Trinajstić information content (AvgIpc) is 2.60. The Kier molecular flexibility index (Phi) is 5.27. The molecule has 0 aliphatic carbocycles. The molecule has 0 unspecified atom stereocenters. The highest BCUT2D eigenvalue weighted by Crippen LogP contribution is 2.27. The molecule has 23 heavy (non-hydrogen) atoms. The van der Waals surface area contributed by atoms with E-state index in [2.05, 4.69) is 56.3 Å². The van der Waals surface area contributed by atoms with Gasteiger partial charge in [0.15, 0.2) is 0 Å². The van der Waals surface area contributed by atoms with E-state index in [0.717, 1.165) is 18.4 Å². The van der Waals surface area contributed by atoms with E-state index in [0.29, 0.717) is 0 Å². The van der Waals surface area contributed by atoms with Crippen molar-refractivity contribution in [3.05, 3.63) is 53.7 Å². The van der Waals surface area contributed by atoms with E-state index in [1.807, 2.05) is 0 Å². The molecule has 3 rings (SSSR count). The lowest BCUT2D eigenvalue weighted by molar-refractivity contribution is 0.697. The molecule has 120 valence electrons. The van der Waals surface area contributed by atoms with Crippen LogP contribution in [0.3, 0.4) is 0 Å². The molecule has 0 atom stereocenters. The molecule has 0 aliphatic heterocycles. The highest BCUT2D eigenvalue weighted by molar-refractivity contribution is 6.06. The molecule has 0 saturated carbocycles. The van der Waals surface area contributed by atoms with Gasteiger partial charge in [0.2, 0.25) is 0 Å². The molecular formula is C22H27N. The van der Waals surface area contributed by atoms with E-state index in [1.165, 1.54) is 59.5 Å². The van der Waals surface area contributed by atoms with Gasteiger partial charge in [-0.05, 0) is 54.2 Å². The van der Waals surface area contributed by atoms with Crippen LogP contribution in [0.2, 0.25) is 0 Å². The van der Waals surface area contributed by atoms with Gasteiger partial charge in [0, 0.05) is 11.1 Å². The van der Waals surface area contributed by atoms with Crippen molar-refractivity contribution in [2.45, 2.75) is 58.8 Å². The summed E-state index contributed by atoms with van der Waals surface area (Å²) in [6, 6.07) is 15.5. The molecule has 2 aromatic carbocycles. The molecule has 0 saturated heterocycles. The van der Waals surface area contributed by atoms with E-state index < -0.39 is 0 Å². The molecule has 0 amide bonds. The molecule has 3 aromatic rings. The topological polar surface area (TPSA) is 12.9 Å². The fourth-order valence-corrected chi connectivity index (χ4v) is 3.35. The summed E-state index contributed by atoms with van der Waals surface area (Å²) >= 11 is 0. The summed E-state index contributed by atoms with van der Waals surface area (Å²) < 4.78 is 0. The van der Waals surface area contributed by atoms with Crippen LogP contribution in [0, 0.1) is 0 Å². The van der Waals surface area contributed by atoms with Crippen molar-refractivity contribution in [2.75, 3.05) is 0 Å². The minimum absolute atomic E-state index is 1.12. The average molecular weight is 305 g/mol. The van der Waals surface area contributed by atoms with Crippen LogP contribution in [0.4, 0.5) is 0 Å². The van der Waals surface area contributed by atoms with Gasteiger partial charge in [-0.3, -0.25) is 4.98 Å². The summed E-state index contributed by atoms with van der Waals surface area (Å²) in [5, 5.41) is 3.95. The number of hydrogen-bond acceptors (Lipinski definition) is 1. The van der Waals surface area contributed by atoms with Gasteiger partial charge >= 0.3 is 0 Å². The molecule has 0 spiro atoms. The van der Waals surface area contributed by atoms with Crippen LogP contribution in [0.15, 0.2) is 42.5 Å². The maximum atomic E-state index is 5.05. The number of rotatable bonds is 7. The zero-order valence-corrected chi connectivity index (χ0v) is 14.4. The highest BCUT2D eigenvalue weighted by Gasteiger charge is 2.09. The second kappa shape index (κ2) is 7.59. The van der Waals surface area contributed by atoms with Crippen molar-refractivity contribution in [1.29, 1.82) is 0 Å². The van der Waals surface area contributed by atoms with Gasteiger partial charge in [0.05, 0.1) is 5.52 Å². The lowest BCUT2D eigenvalue weighted by atomic mass is 9.97. The number of benzene rings is 2. The monoisotopic (exact) mass is 305 g/mol. The number of nitrogens with zero attached hydrogens (tertiary/aromatic N) is 1. The first kappa shape index (κ1) is 16.0. The first-order valence-electron chi connectivity index (χ1n) is 9.13. The van der Waals surface area contributed by atoms with Crippen molar-refractivity contribution >= 4 is 21.7 Å². The third-order valence-corrected chi connectivity index (χ3v) is 4.71. The van der Waals surface area contributed by atoms with E-state index in [9.17, 15) is 0 Å². The Bertz CT molecular complexity index is 788. The first-order valence-corrected chi connectivity index (χ1v) is 9.13. The van der Waals surface area contributed by atoms with Crippen LogP contribution < -0.4 is 0 Å². The standard InChI is InChI=1S/C22H27N/c1-3-5-7-13-21-18(10-6-4-2)16-20-19-12-9-8-11-17(19)14-15-22(20)23-21/h8-9,11-12,14-16H,3-7,10,13H2,1-2H3. The summed E-state index contributed by atoms with van der Waals surface area (Å²) in [7, 11) is 0. The minimum atomic E-state index is 1.12. The summed E-state index contributed by atoms with van der Waals surface area (Å²) in [5.74, 6) is 0. The lowest BCUT2D eigenvalue weighted by Crippen LogP contribution is -2.00. The largest absolute Gasteiger partial charge is 0.253 e. The fourth-order valence-electron chi connectivity index (χ4n) is 3.35. The Morgan fingerprint density at radius 1 is 0.783 bits per heavy atom. The van der Waals surface area contributed by atoms with E-state index >= 15 is 0 Å². The molecule has 1 heterocycles. The molecule has 0 aliphatic rings. The summed E-state index contributed by atoms with van der Waals surface area (Å²) in [6.45, 7) is 4.53. The van der Waals surface area contributed by atoms with Crippen LogP contribution in [0.1, 0.15) is 57.2 Å². The minimum Gasteiger partial charge on any atom is -0.253 e. The van der Waals surface area contributed by atoms with Gasteiger partial charge in [0.1, 0.15) is 0 Å². The maximum absolute atomic E-state index is 5.05. The maximum Gasteiger partial charge on any atom is 0.0711 e. The summed E-state index contributed by atoms with van der Waals surface area (Å²) in [6.07, 6.45) is 8.58. The molecule has 0 bridgehead atoms. The number of pyridine rings is 1. The van der Waals surface area contributed by atoms with Crippen molar-refractivity contribution in [1.82, 2.24) is 4.98 Å². The van der Waals surface area contributed by atoms with Gasteiger partial charge in [-0.25, -0.2) is 0 Å². The lowest BCUT2D eigenvalue weighted by Gasteiger charge is -2.12. The Hall–Kier alpha value is -1.89. The van der Waals surface area contributed by atoms with Crippen LogP contribution >= 0.6 is 0 Å². The van der Waals surface area contributed by atoms with Crippen LogP contribution in [0.5, 0.6) is 0 Å². The van der Waals surface area contributed by atoms with Crippen molar-refractivity contribution < 1.29 is 0 Å². The molecule has 0 radical (unpaired) electrons. The Morgan fingerprint density at radius 3 is 2.43 bits per heavy atom. The second-order valence-electron chi connectivity index (χ2n) is 6.51. The van der Waals surface area contributed by atoms with Crippen LogP contribution in [-0.4, -0.2) is 4.98 Å². The summed E-state index contributed by atoms with van der Waals surface area (Å²) in [5.41, 5.74) is 3.94. The number of aryl methyl sites for hydroxylation is 2. The Balaban J connectivity index is 2.08. The SMILES string of the molecule is CCCCCc1nc2ccc3ccccc3c2cc1CCCC. The van der Waals surface area contributed by atoms with Crippen molar-refractivity contribution in [2.24, 2.45) is 0 Å². The van der Waals surface area contributed by atoms with Gasteiger partial charge in [0.25, 0.3) is 0 Å². The second-order valence-corrected chi connectivity index (χ2v) is 6.51. The molecular weight excluding hydrogens is 278 g/mol. The Labute approximate surface area is 139 Å². The van der Waals surface area contributed by atoms with E-state index in [1.54, 1.807) is 0 Å². The predicted octanol–water partition coefficient (Wildman–Crippen LogP) is 6.46. The molecule has 0 fully saturated rings. The summed E-state index contributed by atoms with van der Waals surface area (Å²) in [4.78, 5) is 5.05. The Morgan fingerprint density at radius 2 is 1.61 bits per heavy atom. The molecule has 0 N–H and O–H groups in total. The van der Waals surface area contributed by atoms with Crippen LogP contribution in [-0.2, 0) is 12.8 Å². The number of fused-ring (bicyclic) bond motifs is 3. The van der Waals surface area contributed by atoms with Crippen LogP contribution in [0.25, 0.3) is 21.7 Å². The van der Waals surface area contributed by atoms with Gasteiger partial charge in [-0.1, -0.05) is 63.4 Å². The van der Waals surface area contributed by atoms with Gasteiger partial charge in [-0.15, -0.1) is 0 Å². The fraction of sp³-hybridized carbons (Fsp3) is 0.409. The number of hydrogen-bond donors (Lipinski definition) is 0. The molecule has 1 aromatic heterocycles. The van der Waals surface area contributed by atoms with E-state index in [4.69, 9.17) is 4.98 Å². The molecule has 1 nitrogen and oxygen atoms in total. The predicted molar refractivity (Wildman–Crippen MR) is 101 cm³/mol. The first-order chi connectivity index (χ1) is 11.3. The van der Waals surface area contributed by atoms with E-state index in [-0.39, 0.29) is 0 Å². The zero-order valence-electron chi connectivity index (χ0n) is 14.4. The van der Waals surface area contributed by atoms with Crippen molar-refractivity contribution in [3.8, 4) is 0 Å². The third-order valence-electron chi connectivity index (χ3n) is 4.71. The van der Waals surface area contributed by atoms with Crippen molar-refractivity contribution in [3.63, 3.8) is 0 Å². The zero-order chi connectivity index (χ0) is 16.1. The van der Waals surface area contributed by atoms with Gasteiger partial charge in [-0.2, -0.15) is 0 Å². The third kappa shape index (κ3) is 3.55. The highest BCUT2D eigenvalue weighted by atomic mass is 14.7. The number of unbranched alkanes of at least 4 members (excludes halogenated alkanes) is 3. The smallest absolute Gasteiger partial charge is 0.0711 e. The van der Waals surface area contributed by atoms with Gasteiger partial charge < -0.3 is 0 Å².